The minimum absolute atomic E-state index is 0.0227. The van der Waals surface area contributed by atoms with Crippen LogP contribution in [0.2, 0.25) is 0 Å². The molecule has 0 spiro atoms. The van der Waals surface area contributed by atoms with E-state index in [1.54, 1.807) is 25.8 Å². The maximum Gasteiger partial charge on any atom is 0.309 e. The first kappa shape index (κ1) is 24.6. The van der Waals surface area contributed by atoms with Crippen molar-refractivity contribution in [2.45, 2.75) is 58.4 Å². The summed E-state index contributed by atoms with van der Waals surface area (Å²) in [5.41, 5.74) is 0. The van der Waals surface area contributed by atoms with Crippen LogP contribution in [0, 0.1) is 5.92 Å². The third-order valence-electron chi connectivity index (χ3n) is 5.77. The molecule has 2 amide bonds. The molecule has 2 rings (SSSR count). The molecule has 0 saturated carbocycles. The summed E-state index contributed by atoms with van der Waals surface area (Å²) in [6, 6.07) is -0.734. The summed E-state index contributed by atoms with van der Waals surface area (Å²) in [4.78, 5) is 40.5. The van der Waals surface area contributed by atoms with E-state index in [-0.39, 0.29) is 36.0 Å². The van der Waals surface area contributed by atoms with Crippen molar-refractivity contribution in [2.24, 2.45) is 5.92 Å². The van der Waals surface area contributed by atoms with Crippen molar-refractivity contribution < 1.29 is 27.5 Å². The maximum atomic E-state index is 13.0. The van der Waals surface area contributed by atoms with E-state index in [1.165, 1.54) is 9.21 Å². The molecule has 0 aliphatic carbocycles. The lowest BCUT2D eigenvalue weighted by atomic mass is 9.97. The summed E-state index contributed by atoms with van der Waals surface area (Å²) in [5, 5.41) is 0. The van der Waals surface area contributed by atoms with Crippen molar-refractivity contribution in [2.75, 3.05) is 45.6 Å². The number of hydrogen-bond acceptors (Lipinski definition) is 6. The quantitative estimate of drug-likeness (QED) is 0.513. The number of amides is 2. The molecule has 172 valence electrons. The van der Waals surface area contributed by atoms with Crippen LogP contribution in [-0.4, -0.2) is 91.9 Å². The monoisotopic (exact) mass is 445 g/mol. The average Bonchev–Trinajstić information content (AvgIpc) is 2.73. The van der Waals surface area contributed by atoms with Crippen LogP contribution < -0.4 is 0 Å². The van der Waals surface area contributed by atoms with E-state index >= 15 is 0 Å². The fourth-order valence-corrected chi connectivity index (χ4v) is 5.86. The second-order valence-corrected chi connectivity index (χ2v) is 10.1. The Hall–Kier alpha value is -1.68. The molecule has 0 N–H and O–H groups in total. The highest BCUT2D eigenvalue weighted by Crippen LogP contribution is 2.23. The Morgan fingerprint density at radius 2 is 1.70 bits per heavy atom. The number of ether oxygens (including phenoxy) is 1. The van der Waals surface area contributed by atoms with Gasteiger partial charge >= 0.3 is 5.97 Å². The molecule has 2 aliphatic heterocycles. The van der Waals surface area contributed by atoms with Gasteiger partial charge in [0.15, 0.2) is 0 Å². The van der Waals surface area contributed by atoms with Crippen molar-refractivity contribution in [3.63, 3.8) is 0 Å². The summed E-state index contributed by atoms with van der Waals surface area (Å²) in [5.74, 6) is -0.902. The van der Waals surface area contributed by atoms with Crippen molar-refractivity contribution in [1.29, 1.82) is 0 Å². The summed E-state index contributed by atoms with van der Waals surface area (Å²) in [6.07, 6.45) is 3.60. The van der Waals surface area contributed by atoms with E-state index in [4.69, 9.17) is 4.74 Å². The Kier molecular flexibility index (Phi) is 9.09. The van der Waals surface area contributed by atoms with Gasteiger partial charge in [-0.3, -0.25) is 14.4 Å². The molecule has 0 aromatic carbocycles. The highest BCUT2D eigenvalue weighted by Gasteiger charge is 2.38. The Bertz CT molecular complexity index is 718. The molecule has 9 nitrogen and oxygen atoms in total. The third kappa shape index (κ3) is 6.16. The van der Waals surface area contributed by atoms with Gasteiger partial charge in [0.25, 0.3) is 0 Å². The first-order valence-corrected chi connectivity index (χ1v) is 12.5. The van der Waals surface area contributed by atoms with Gasteiger partial charge in [-0.2, -0.15) is 4.31 Å². The van der Waals surface area contributed by atoms with E-state index in [1.807, 2.05) is 0 Å². The zero-order chi connectivity index (χ0) is 22.3. The van der Waals surface area contributed by atoms with Crippen LogP contribution in [0.15, 0.2) is 0 Å². The lowest BCUT2D eigenvalue weighted by molar-refractivity contribution is -0.151. The van der Waals surface area contributed by atoms with Gasteiger partial charge in [0, 0.05) is 26.7 Å². The van der Waals surface area contributed by atoms with E-state index in [0.29, 0.717) is 51.9 Å². The molecule has 0 radical (unpaired) electrons. The molecular weight excluding hydrogens is 410 g/mol. The number of nitrogens with zero attached hydrogens (tertiary/aromatic N) is 3. The zero-order valence-electron chi connectivity index (χ0n) is 18.3. The molecule has 2 saturated heterocycles. The number of piperidine rings is 2. The first-order chi connectivity index (χ1) is 14.2. The smallest absolute Gasteiger partial charge is 0.309 e. The van der Waals surface area contributed by atoms with Gasteiger partial charge in [-0.05, 0) is 39.0 Å². The Balaban J connectivity index is 1.93. The summed E-state index contributed by atoms with van der Waals surface area (Å²) in [6.45, 7) is 5.06. The topological polar surface area (TPSA) is 104 Å². The van der Waals surface area contributed by atoms with Gasteiger partial charge in [0.1, 0.15) is 6.04 Å². The number of likely N-dealkylation sites (tertiary alicyclic amines) is 1. The predicted molar refractivity (Wildman–Crippen MR) is 112 cm³/mol. The van der Waals surface area contributed by atoms with Gasteiger partial charge in [-0.15, -0.1) is 0 Å². The van der Waals surface area contributed by atoms with Crippen LogP contribution in [0.1, 0.15) is 52.4 Å². The van der Waals surface area contributed by atoms with Gasteiger partial charge in [0.2, 0.25) is 21.8 Å². The molecule has 0 bridgehead atoms. The Morgan fingerprint density at radius 3 is 2.30 bits per heavy atom. The van der Waals surface area contributed by atoms with E-state index in [9.17, 15) is 22.8 Å². The summed E-state index contributed by atoms with van der Waals surface area (Å²) >= 11 is 0. The number of esters is 1. The van der Waals surface area contributed by atoms with Crippen LogP contribution in [0.3, 0.4) is 0 Å². The number of carbonyl (C=O) groups excluding carboxylic acids is 3. The van der Waals surface area contributed by atoms with E-state index < -0.39 is 16.1 Å². The van der Waals surface area contributed by atoms with Crippen LogP contribution in [0.25, 0.3) is 0 Å². The van der Waals surface area contributed by atoms with Gasteiger partial charge in [-0.1, -0.05) is 13.3 Å². The number of carbonyl (C=O) groups is 3. The zero-order valence-corrected chi connectivity index (χ0v) is 19.2. The Labute approximate surface area is 179 Å². The normalized spacial score (nSPS) is 21.3. The second-order valence-electron chi connectivity index (χ2n) is 8.04. The van der Waals surface area contributed by atoms with Gasteiger partial charge < -0.3 is 14.5 Å². The van der Waals surface area contributed by atoms with Crippen molar-refractivity contribution >= 4 is 27.8 Å². The molecule has 1 atom stereocenters. The average molecular weight is 446 g/mol. The van der Waals surface area contributed by atoms with Crippen LogP contribution in [0.4, 0.5) is 0 Å². The lowest BCUT2D eigenvalue weighted by Crippen LogP contribution is -2.54. The van der Waals surface area contributed by atoms with Crippen molar-refractivity contribution in [3.8, 4) is 0 Å². The first-order valence-electron chi connectivity index (χ1n) is 10.9. The van der Waals surface area contributed by atoms with Crippen LogP contribution in [0.5, 0.6) is 0 Å². The number of likely N-dealkylation sites (N-methyl/N-ethyl adjacent to an activating group) is 1. The summed E-state index contributed by atoms with van der Waals surface area (Å²) in [7, 11) is -1.94. The molecule has 2 heterocycles. The highest BCUT2D eigenvalue weighted by molar-refractivity contribution is 7.89. The highest BCUT2D eigenvalue weighted by atomic mass is 32.2. The molecule has 10 heteroatoms. The minimum atomic E-state index is -3.48. The molecule has 2 aliphatic rings. The molecule has 2 fully saturated rings. The van der Waals surface area contributed by atoms with Gasteiger partial charge in [0.05, 0.1) is 24.8 Å². The van der Waals surface area contributed by atoms with Crippen LogP contribution in [-0.2, 0) is 29.1 Å². The molecule has 30 heavy (non-hydrogen) atoms. The maximum absolute atomic E-state index is 13.0. The Morgan fingerprint density at radius 1 is 1.03 bits per heavy atom. The number of sulfonamides is 1. The lowest BCUT2D eigenvalue weighted by Gasteiger charge is -2.36. The number of rotatable bonds is 8. The molecule has 0 aromatic rings. The van der Waals surface area contributed by atoms with Crippen LogP contribution >= 0.6 is 0 Å². The SMILES string of the molecule is CCCS(=O)(=O)N1CCCCC1C(=O)N(C)CC(=O)N1CCC(C(=O)OCC)CC1. The fraction of sp³-hybridized carbons (Fsp3) is 0.850. The largest absolute Gasteiger partial charge is 0.466 e. The number of hydrogen-bond donors (Lipinski definition) is 0. The molecule has 0 aromatic heterocycles. The summed E-state index contributed by atoms with van der Waals surface area (Å²) < 4.78 is 31.5. The second kappa shape index (κ2) is 11.1. The predicted octanol–water partition coefficient (Wildman–Crippen LogP) is 0.841. The standard InChI is InChI=1S/C20H35N3O6S/c1-4-14-30(27,28)23-11-7-6-8-17(23)19(25)21(3)15-18(24)22-12-9-16(10-13-22)20(26)29-5-2/h16-17H,4-15H2,1-3H3. The minimum Gasteiger partial charge on any atom is -0.466 e. The third-order valence-corrected chi connectivity index (χ3v) is 7.85. The van der Waals surface area contributed by atoms with Crippen molar-refractivity contribution in [1.82, 2.24) is 14.1 Å². The van der Waals surface area contributed by atoms with E-state index in [2.05, 4.69) is 0 Å². The molecule has 1 unspecified atom stereocenters. The van der Waals surface area contributed by atoms with Gasteiger partial charge in [-0.25, -0.2) is 8.42 Å². The fourth-order valence-electron chi connectivity index (χ4n) is 4.12. The van der Waals surface area contributed by atoms with E-state index in [0.717, 1.165) is 12.8 Å². The molecular formula is C20H35N3O6S. The van der Waals surface area contributed by atoms with Crippen molar-refractivity contribution in [3.05, 3.63) is 0 Å².